The molecule has 0 bridgehead atoms. The van der Waals surface area contributed by atoms with E-state index >= 15 is 0 Å². The van der Waals surface area contributed by atoms with Gasteiger partial charge in [0.1, 0.15) is 5.69 Å². The molecule has 0 aliphatic heterocycles. The van der Waals surface area contributed by atoms with E-state index in [0.717, 1.165) is 88.7 Å². The number of pyridine rings is 1. The molecule has 11 aromatic rings. The van der Waals surface area contributed by atoms with Gasteiger partial charge in [-0.25, -0.2) is 19.9 Å². The highest BCUT2D eigenvalue weighted by molar-refractivity contribution is 6.19. The maximum atomic E-state index is 5.16. The first-order chi connectivity index (χ1) is 29.3. The zero-order valence-electron chi connectivity index (χ0n) is 31.8. The van der Waals surface area contributed by atoms with Crippen LogP contribution in [0.15, 0.2) is 206 Å². The van der Waals surface area contributed by atoms with Gasteiger partial charge in [0.2, 0.25) is 0 Å². The lowest BCUT2D eigenvalue weighted by Crippen LogP contribution is -2.02. The number of imidazole rings is 1. The van der Waals surface area contributed by atoms with Gasteiger partial charge in [0.05, 0.1) is 16.7 Å². The molecule has 0 aliphatic carbocycles. The Balaban J connectivity index is 1.10. The second kappa shape index (κ2) is 14.4. The molecule has 0 amide bonds. The van der Waals surface area contributed by atoms with E-state index in [1.54, 1.807) is 0 Å². The molecule has 0 radical (unpaired) electrons. The molecule has 0 saturated heterocycles. The van der Waals surface area contributed by atoms with E-state index in [-0.39, 0.29) is 0 Å². The van der Waals surface area contributed by atoms with Crippen molar-refractivity contribution < 1.29 is 0 Å². The molecule has 11 rings (SSSR count). The van der Waals surface area contributed by atoms with Gasteiger partial charge >= 0.3 is 0 Å². The van der Waals surface area contributed by atoms with Gasteiger partial charge in [0, 0.05) is 33.7 Å². The van der Waals surface area contributed by atoms with Crippen molar-refractivity contribution in [3.05, 3.63) is 206 Å². The van der Waals surface area contributed by atoms with Crippen molar-refractivity contribution in [1.82, 2.24) is 29.5 Å². The maximum absolute atomic E-state index is 5.16. The van der Waals surface area contributed by atoms with Crippen LogP contribution >= 0.6 is 0 Å². The third kappa shape index (κ3) is 6.11. The van der Waals surface area contributed by atoms with Crippen molar-refractivity contribution in [1.29, 1.82) is 0 Å². The lowest BCUT2D eigenvalue weighted by molar-refractivity contribution is 1.07. The molecule has 0 N–H and O–H groups in total. The largest absolute Gasteiger partial charge is 0.290 e. The summed E-state index contributed by atoms with van der Waals surface area (Å²) < 4.78 is 2.28. The fourth-order valence-corrected chi connectivity index (χ4v) is 8.18. The highest BCUT2D eigenvalue weighted by Crippen LogP contribution is 2.44. The highest BCUT2D eigenvalue weighted by atomic mass is 15.1. The first-order valence-corrected chi connectivity index (χ1v) is 19.7. The lowest BCUT2D eigenvalue weighted by Gasteiger charge is -2.20. The Morgan fingerprint density at radius 3 is 1.49 bits per heavy atom. The molecule has 0 saturated carbocycles. The first kappa shape index (κ1) is 34.2. The summed E-state index contributed by atoms with van der Waals surface area (Å²) in [6.45, 7) is 0. The predicted octanol–water partition coefficient (Wildman–Crippen LogP) is 12.9. The summed E-state index contributed by atoms with van der Waals surface area (Å²) in [5.41, 5.74) is 11.1. The van der Waals surface area contributed by atoms with Crippen molar-refractivity contribution in [2.24, 2.45) is 0 Å². The minimum atomic E-state index is 0.609. The fourth-order valence-electron chi connectivity index (χ4n) is 8.18. The van der Waals surface area contributed by atoms with Crippen LogP contribution in [0.4, 0.5) is 0 Å². The molecule has 0 atom stereocenters. The van der Waals surface area contributed by atoms with Crippen LogP contribution in [0, 0.1) is 0 Å². The van der Waals surface area contributed by atoms with E-state index in [1.807, 2.05) is 66.9 Å². The minimum Gasteiger partial charge on any atom is -0.290 e. The number of hydrogen-bond acceptors (Lipinski definition) is 5. The first-order valence-electron chi connectivity index (χ1n) is 19.7. The molecule has 0 aliphatic rings. The Bertz CT molecular complexity index is 3250. The Labute approximate surface area is 340 Å². The van der Waals surface area contributed by atoms with E-state index in [9.17, 15) is 0 Å². The number of hydrogen-bond donors (Lipinski definition) is 0. The van der Waals surface area contributed by atoms with E-state index in [2.05, 4.69) is 144 Å². The number of nitrogens with zero attached hydrogens (tertiary/aromatic N) is 6. The monoisotopic (exact) mass is 754 g/mol. The van der Waals surface area contributed by atoms with Gasteiger partial charge < -0.3 is 0 Å². The van der Waals surface area contributed by atoms with Gasteiger partial charge in [-0.15, -0.1) is 0 Å². The van der Waals surface area contributed by atoms with Gasteiger partial charge in [-0.1, -0.05) is 170 Å². The normalized spacial score (nSPS) is 11.4. The third-order valence-corrected chi connectivity index (χ3v) is 10.9. The summed E-state index contributed by atoms with van der Waals surface area (Å²) in [5.74, 6) is 2.65. The summed E-state index contributed by atoms with van der Waals surface area (Å²) in [4.78, 5) is 25.2. The van der Waals surface area contributed by atoms with Crippen molar-refractivity contribution in [2.45, 2.75) is 0 Å². The molecule has 3 aromatic heterocycles. The Kier molecular flexibility index (Phi) is 8.37. The Morgan fingerprint density at radius 1 is 0.339 bits per heavy atom. The molecule has 59 heavy (non-hydrogen) atoms. The fraction of sp³-hybridized carbons (Fsp3) is 0. The second-order valence-corrected chi connectivity index (χ2v) is 14.5. The summed E-state index contributed by atoms with van der Waals surface area (Å²) in [5, 5.41) is 4.48. The quantitative estimate of drug-likeness (QED) is 0.152. The average molecular weight is 755 g/mol. The second-order valence-electron chi connectivity index (χ2n) is 14.5. The van der Waals surface area contributed by atoms with Crippen LogP contribution in [-0.2, 0) is 0 Å². The van der Waals surface area contributed by atoms with Crippen LogP contribution in [0.25, 0.3) is 106 Å². The smallest absolute Gasteiger partial charge is 0.164 e. The van der Waals surface area contributed by atoms with Crippen molar-refractivity contribution in [3.63, 3.8) is 0 Å². The minimum absolute atomic E-state index is 0.609. The maximum Gasteiger partial charge on any atom is 0.164 e. The number of fused-ring (bicyclic) bond motifs is 3. The molecule has 3 heterocycles. The molecule has 276 valence electrons. The molecular formula is C53H34N6. The van der Waals surface area contributed by atoms with Crippen LogP contribution < -0.4 is 0 Å². The summed E-state index contributed by atoms with van der Waals surface area (Å²) in [6, 6.07) is 69.2. The van der Waals surface area contributed by atoms with Crippen LogP contribution in [0.3, 0.4) is 0 Å². The van der Waals surface area contributed by atoms with Gasteiger partial charge in [0.25, 0.3) is 0 Å². The third-order valence-electron chi connectivity index (χ3n) is 10.9. The summed E-state index contributed by atoms with van der Waals surface area (Å²) in [7, 11) is 0. The molecule has 0 unspecified atom stereocenters. The van der Waals surface area contributed by atoms with Crippen LogP contribution in [0.5, 0.6) is 0 Å². The lowest BCUT2D eigenvalue weighted by atomic mass is 9.89. The summed E-state index contributed by atoms with van der Waals surface area (Å²) >= 11 is 0. The molecule has 6 nitrogen and oxygen atoms in total. The highest BCUT2D eigenvalue weighted by Gasteiger charge is 2.22. The Morgan fingerprint density at radius 2 is 0.831 bits per heavy atom. The van der Waals surface area contributed by atoms with Gasteiger partial charge in [-0.05, 0) is 63.4 Å². The van der Waals surface area contributed by atoms with Crippen LogP contribution in [-0.4, -0.2) is 29.5 Å². The summed E-state index contributed by atoms with van der Waals surface area (Å²) in [6.07, 6.45) is 1.82. The van der Waals surface area contributed by atoms with Crippen molar-refractivity contribution in [2.75, 3.05) is 0 Å². The number of benzene rings is 8. The average Bonchev–Trinajstić information content (AvgIpc) is 3.71. The van der Waals surface area contributed by atoms with Crippen LogP contribution in [0.1, 0.15) is 0 Å². The van der Waals surface area contributed by atoms with Crippen LogP contribution in [0.2, 0.25) is 0 Å². The molecule has 8 aromatic carbocycles. The number of para-hydroxylation sites is 2. The van der Waals surface area contributed by atoms with E-state index in [0.29, 0.717) is 17.5 Å². The standard InChI is InChI=1S/C53H34N6/c1-3-16-35(17-4-1)36-29-31-38(32-30-36)51-56-50(37-18-5-2-6-19-37)57-52(58-51)40-21-15-20-39(34-40)48-41-22-7-9-24-43(41)49(44-25-10-8-23-42(44)48)59-47-28-12-11-26-45(47)55-53(59)46-27-13-14-33-54-46/h1-34H. The topological polar surface area (TPSA) is 69.4 Å². The molecular weight excluding hydrogens is 721 g/mol. The van der Waals surface area contributed by atoms with Crippen molar-refractivity contribution >= 4 is 32.6 Å². The zero-order chi connectivity index (χ0) is 39.1. The predicted molar refractivity (Wildman–Crippen MR) is 240 cm³/mol. The molecule has 6 heteroatoms. The van der Waals surface area contributed by atoms with E-state index in [4.69, 9.17) is 24.9 Å². The molecule has 0 fully saturated rings. The number of rotatable bonds is 7. The van der Waals surface area contributed by atoms with E-state index < -0.39 is 0 Å². The van der Waals surface area contributed by atoms with Gasteiger partial charge in [-0.2, -0.15) is 0 Å². The van der Waals surface area contributed by atoms with Gasteiger partial charge in [-0.3, -0.25) is 9.55 Å². The van der Waals surface area contributed by atoms with Gasteiger partial charge in [0.15, 0.2) is 23.3 Å². The number of aromatic nitrogens is 6. The van der Waals surface area contributed by atoms with E-state index in [1.165, 1.54) is 0 Å². The Hall–Kier alpha value is -8.09. The molecule has 0 spiro atoms. The zero-order valence-corrected chi connectivity index (χ0v) is 31.8. The van der Waals surface area contributed by atoms with Crippen molar-refractivity contribution in [3.8, 4) is 73.6 Å². The SMILES string of the molecule is c1ccc(-c2ccc(-c3nc(-c4ccccc4)nc(-c4cccc(-c5c6ccccc6c(-n6c(-c7ccccn7)nc7ccccc76)c6ccccc56)c4)n3)cc2)cc1.